The van der Waals surface area contributed by atoms with Gasteiger partial charge in [-0.1, -0.05) is 69.2 Å². The second kappa shape index (κ2) is 10.1. The molecule has 0 aromatic heterocycles. The quantitative estimate of drug-likeness (QED) is 0.655. The Balaban J connectivity index is 1.68. The van der Waals surface area contributed by atoms with E-state index < -0.39 is 0 Å². The van der Waals surface area contributed by atoms with E-state index in [2.05, 4.69) is 62.2 Å². The van der Waals surface area contributed by atoms with Crippen molar-refractivity contribution in [1.29, 1.82) is 0 Å². The zero-order valence-electron chi connectivity index (χ0n) is 19.1. The van der Waals surface area contributed by atoms with Gasteiger partial charge in [-0.25, -0.2) is 4.79 Å². The summed E-state index contributed by atoms with van der Waals surface area (Å²) >= 11 is 0. The van der Waals surface area contributed by atoms with Crippen LogP contribution < -0.4 is 5.32 Å². The summed E-state index contributed by atoms with van der Waals surface area (Å²) in [6.07, 6.45) is 3.86. The van der Waals surface area contributed by atoms with Gasteiger partial charge in [0.1, 0.15) is 0 Å². The van der Waals surface area contributed by atoms with Gasteiger partial charge >= 0.3 is 6.03 Å². The van der Waals surface area contributed by atoms with E-state index in [1.54, 1.807) is 0 Å². The van der Waals surface area contributed by atoms with E-state index in [1.165, 1.54) is 36.0 Å². The van der Waals surface area contributed by atoms with Gasteiger partial charge in [-0.15, -0.1) is 0 Å². The van der Waals surface area contributed by atoms with E-state index in [9.17, 15) is 4.79 Å². The number of anilines is 1. The van der Waals surface area contributed by atoms with Crippen LogP contribution >= 0.6 is 0 Å². The van der Waals surface area contributed by atoms with Gasteiger partial charge in [0.2, 0.25) is 0 Å². The van der Waals surface area contributed by atoms with Crippen LogP contribution in [0.15, 0.2) is 48.5 Å². The van der Waals surface area contributed by atoms with Gasteiger partial charge in [0.05, 0.1) is 0 Å². The summed E-state index contributed by atoms with van der Waals surface area (Å²) in [6.45, 7) is 13.3. The van der Waals surface area contributed by atoms with E-state index >= 15 is 0 Å². The Hall–Kier alpha value is -2.33. The molecule has 0 unspecified atom stereocenters. The molecule has 0 radical (unpaired) electrons. The molecule has 1 N–H and O–H groups in total. The number of rotatable bonds is 6. The van der Waals surface area contributed by atoms with Gasteiger partial charge in [0, 0.05) is 25.3 Å². The Labute approximate surface area is 182 Å². The molecule has 1 fully saturated rings. The van der Waals surface area contributed by atoms with Crippen LogP contribution in [0, 0.1) is 6.92 Å². The maximum atomic E-state index is 13.1. The predicted octanol–water partition coefficient (Wildman–Crippen LogP) is 5.81. The highest BCUT2D eigenvalue weighted by Gasteiger charge is 2.18. The Kier molecular flexibility index (Phi) is 7.54. The lowest BCUT2D eigenvalue weighted by molar-refractivity contribution is 0.178. The molecule has 2 aromatic rings. The molecule has 3 rings (SSSR count). The Morgan fingerprint density at radius 1 is 0.967 bits per heavy atom. The number of likely N-dealkylation sites (tertiary alicyclic amines) is 1. The third-order valence-electron chi connectivity index (χ3n) is 5.92. The minimum absolute atomic E-state index is 0.0317. The second-order valence-electron chi connectivity index (χ2n) is 9.57. The molecule has 0 spiro atoms. The molecule has 1 aliphatic heterocycles. The number of hydrogen-bond donors (Lipinski definition) is 1. The topological polar surface area (TPSA) is 35.6 Å². The zero-order chi connectivity index (χ0) is 21.6. The van der Waals surface area contributed by atoms with Crippen LogP contribution in [0.3, 0.4) is 0 Å². The summed E-state index contributed by atoms with van der Waals surface area (Å²) in [6, 6.07) is 16.7. The van der Waals surface area contributed by atoms with Crippen LogP contribution in [0.2, 0.25) is 0 Å². The van der Waals surface area contributed by atoms with Gasteiger partial charge < -0.3 is 15.1 Å². The summed E-state index contributed by atoms with van der Waals surface area (Å²) < 4.78 is 0. The number of benzene rings is 2. The number of amides is 2. The molecule has 4 nitrogen and oxygen atoms in total. The zero-order valence-corrected chi connectivity index (χ0v) is 19.1. The number of urea groups is 1. The average molecular weight is 408 g/mol. The molecule has 30 heavy (non-hydrogen) atoms. The first-order chi connectivity index (χ1) is 14.3. The van der Waals surface area contributed by atoms with Crippen molar-refractivity contribution in [3.63, 3.8) is 0 Å². The molecular formula is C26H37N3O. The third-order valence-corrected chi connectivity index (χ3v) is 5.92. The largest absolute Gasteiger partial charge is 0.322 e. The monoisotopic (exact) mass is 407 g/mol. The summed E-state index contributed by atoms with van der Waals surface area (Å²) in [5.41, 5.74) is 4.65. The van der Waals surface area contributed by atoms with Crippen molar-refractivity contribution in [2.24, 2.45) is 0 Å². The third kappa shape index (κ3) is 6.60. The van der Waals surface area contributed by atoms with Crippen molar-refractivity contribution in [2.75, 3.05) is 31.5 Å². The molecule has 1 saturated heterocycles. The van der Waals surface area contributed by atoms with E-state index in [-0.39, 0.29) is 11.4 Å². The Bertz CT molecular complexity index is 800. The van der Waals surface area contributed by atoms with Gasteiger partial charge in [-0.3, -0.25) is 0 Å². The minimum Gasteiger partial charge on any atom is -0.319 e. The highest BCUT2D eigenvalue weighted by atomic mass is 16.2. The van der Waals surface area contributed by atoms with Gasteiger partial charge in [0.15, 0.2) is 0 Å². The fourth-order valence-electron chi connectivity index (χ4n) is 3.87. The van der Waals surface area contributed by atoms with E-state index in [1.807, 2.05) is 29.2 Å². The number of piperidine rings is 1. The van der Waals surface area contributed by atoms with Crippen LogP contribution in [0.1, 0.15) is 56.7 Å². The summed E-state index contributed by atoms with van der Waals surface area (Å²) in [5.74, 6) is 0. The number of aryl methyl sites for hydroxylation is 1. The van der Waals surface area contributed by atoms with Gasteiger partial charge in [0.25, 0.3) is 0 Å². The van der Waals surface area contributed by atoms with Gasteiger partial charge in [-0.05, 0) is 61.5 Å². The molecule has 4 heteroatoms. The maximum absolute atomic E-state index is 13.1. The molecule has 0 aliphatic carbocycles. The summed E-state index contributed by atoms with van der Waals surface area (Å²) in [5, 5.41) is 3.08. The molecule has 2 amide bonds. The summed E-state index contributed by atoms with van der Waals surface area (Å²) in [7, 11) is 0. The lowest BCUT2D eigenvalue weighted by Crippen LogP contribution is -2.41. The lowest BCUT2D eigenvalue weighted by atomic mass is 9.87. The van der Waals surface area contributed by atoms with Crippen molar-refractivity contribution in [2.45, 2.75) is 58.9 Å². The first kappa shape index (κ1) is 22.4. The highest BCUT2D eigenvalue weighted by molar-refractivity contribution is 5.89. The standard InChI is InChI=1S/C26H37N3O/c1-21-8-14-24(15-9-21)27-25(30)29(19-18-28-16-6-5-7-17-28)20-22-10-12-23(13-11-22)26(2,3)4/h8-15H,5-7,16-20H2,1-4H3,(H,27,30). The van der Waals surface area contributed by atoms with Crippen molar-refractivity contribution in [3.05, 3.63) is 65.2 Å². The van der Waals surface area contributed by atoms with Crippen LogP contribution in [0.5, 0.6) is 0 Å². The lowest BCUT2D eigenvalue weighted by Gasteiger charge is -2.30. The van der Waals surface area contributed by atoms with Crippen LogP contribution in [-0.4, -0.2) is 42.0 Å². The first-order valence-corrected chi connectivity index (χ1v) is 11.3. The van der Waals surface area contributed by atoms with Crippen molar-refractivity contribution < 1.29 is 4.79 Å². The summed E-state index contributed by atoms with van der Waals surface area (Å²) in [4.78, 5) is 17.5. The molecule has 1 heterocycles. The van der Waals surface area contributed by atoms with Gasteiger partial charge in [-0.2, -0.15) is 0 Å². The smallest absolute Gasteiger partial charge is 0.319 e. The fourth-order valence-corrected chi connectivity index (χ4v) is 3.87. The molecule has 0 bridgehead atoms. The highest BCUT2D eigenvalue weighted by Crippen LogP contribution is 2.23. The Morgan fingerprint density at radius 2 is 1.60 bits per heavy atom. The molecule has 1 aliphatic rings. The maximum Gasteiger partial charge on any atom is 0.322 e. The number of carbonyl (C=O) groups is 1. The fraction of sp³-hybridized carbons (Fsp3) is 0.500. The number of nitrogens with zero attached hydrogens (tertiary/aromatic N) is 2. The molecule has 162 valence electrons. The van der Waals surface area contributed by atoms with Crippen molar-refractivity contribution in [1.82, 2.24) is 9.80 Å². The van der Waals surface area contributed by atoms with Crippen LogP contribution in [-0.2, 0) is 12.0 Å². The normalized spacial score (nSPS) is 15.1. The predicted molar refractivity (Wildman–Crippen MR) is 126 cm³/mol. The molecule has 0 saturated carbocycles. The van der Waals surface area contributed by atoms with E-state index in [0.717, 1.165) is 31.9 Å². The molecule has 0 atom stereocenters. The molecule has 2 aromatic carbocycles. The van der Waals surface area contributed by atoms with Crippen molar-refractivity contribution in [3.8, 4) is 0 Å². The minimum atomic E-state index is -0.0317. The first-order valence-electron chi connectivity index (χ1n) is 11.3. The molecular weight excluding hydrogens is 370 g/mol. The number of hydrogen-bond acceptors (Lipinski definition) is 2. The number of carbonyl (C=O) groups excluding carboxylic acids is 1. The average Bonchev–Trinajstić information content (AvgIpc) is 2.73. The van der Waals surface area contributed by atoms with E-state index in [4.69, 9.17) is 0 Å². The SMILES string of the molecule is Cc1ccc(NC(=O)N(CCN2CCCCC2)Cc2ccc(C(C)(C)C)cc2)cc1. The van der Waals surface area contributed by atoms with Crippen molar-refractivity contribution >= 4 is 11.7 Å². The van der Waals surface area contributed by atoms with E-state index in [0.29, 0.717) is 6.54 Å². The van der Waals surface area contributed by atoms with Crippen LogP contribution in [0.25, 0.3) is 0 Å². The second-order valence-corrected chi connectivity index (χ2v) is 9.57. The Morgan fingerprint density at radius 3 is 2.20 bits per heavy atom. The van der Waals surface area contributed by atoms with Crippen LogP contribution in [0.4, 0.5) is 10.5 Å². The number of nitrogens with one attached hydrogen (secondary N) is 1.